The molecule has 184 valence electrons. The molecule has 0 radical (unpaired) electrons. The number of likely N-dealkylation sites (tertiary alicyclic amines) is 1. The van der Waals surface area contributed by atoms with Crippen LogP contribution in [0.5, 0.6) is 0 Å². The molecule has 2 aromatic carbocycles. The van der Waals surface area contributed by atoms with Crippen molar-refractivity contribution in [2.24, 2.45) is 10.6 Å². The van der Waals surface area contributed by atoms with Crippen LogP contribution >= 0.6 is 11.6 Å². The Kier molecular flexibility index (Phi) is 7.43. The maximum atomic E-state index is 13.0. The van der Waals surface area contributed by atoms with Crippen molar-refractivity contribution in [1.82, 2.24) is 10.2 Å². The Morgan fingerprint density at radius 3 is 2.44 bits per heavy atom. The number of hydrogen-bond acceptors (Lipinski definition) is 5. The van der Waals surface area contributed by atoms with Gasteiger partial charge in [-0.3, -0.25) is 9.59 Å². The lowest BCUT2D eigenvalue weighted by atomic mass is 9.66. The van der Waals surface area contributed by atoms with Crippen LogP contribution in [0.1, 0.15) is 49.5 Å². The summed E-state index contributed by atoms with van der Waals surface area (Å²) < 4.78 is 23.1. The molecule has 2 atom stereocenters. The topological polar surface area (TPSA) is 130 Å². The fourth-order valence-corrected chi connectivity index (χ4v) is 5.04. The highest BCUT2D eigenvalue weighted by atomic mass is 35.5. The third kappa shape index (κ3) is 5.60. The van der Waals surface area contributed by atoms with Gasteiger partial charge in [-0.2, -0.15) is 0 Å². The second-order valence-electron chi connectivity index (χ2n) is 9.47. The van der Waals surface area contributed by atoms with Gasteiger partial charge < -0.3 is 15.3 Å². The zero-order valence-electron chi connectivity index (χ0n) is 19.4. The van der Waals surface area contributed by atoms with Crippen LogP contribution in [0, 0.1) is 5.41 Å². The van der Waals surface area contributed by atoms with Gasteiger partial charge in [0.2, 0.25) is 15.9 Å². The van der Waals surface area contributed by atoms with Gasteiger partial charge in [-0.05, 0) is 49.2 Å². The van der Waals surface area contributed by atoms with Crippen LogP contribution in [0.25, 0.3) is 0 Å². The third-order valence-corrected chi connectivity index (χ3v) is 7.57. The molecule has 3 rings (SSSR count). The lowest BCUT2D eigenvalue weighted by Crippen LogP contribution is -2.57. The number of nitrogens with one attached hydrogen (secondary N) is 1. The third-order valence-electron chi connectivity index (χ3n) is 6.41. The molecule has 0 saturated carbocycles. The van der Waals surface area contributed by atoms with E-state index >= 15 is 0 Å². The lowest BCUT2D eigenvalue weighted by Gasteiger charge is -2.50. The Labute approximate surface area is 205 Å². The predicted molar refractivity (Wildman–Crippen MR) is 130 cm³/mol. The molecule has 2 aromatic rings. The average molecular weight is 508 g/mol. The molecule has 10 heteroatoms. The van der Waals surface area contributed by atoms with E-state index in [1.165, 1.54) is 24.3 Å². The van der Waals surface area contributed by atoms with E-state index in [0.29, 0.717) is 24.5 Å². The molecule has 0 unspecified atom stereocenters. The Morgan fingerprint density at radius 1 is 1.21 bits per heavy atom. The first kappa shape index (κ1) is 26.2. The van der Waals surface area contributed by atoms with Gasteiger partial charge in [-0.25, -0.2) is 13.6 Å². The number of nitrogens with zero attached hydrogens (tertiary/aromatic N) is 1. The van der Waals surface area contributed by atoms with Crippen molar-refractivity contribution in [1.29, 1.82) is 0 Å². The van der Waals surface area contributed by atoms with E-state index in [0.717, 1.165) is 5.56 Å². The molecular formula is C24H30ClN3O5S. The van der Waals surface area contributed by atoms with E-state index < -0.39 is 33.0 Å². The van der Waals surface area contributed by atoms with Crippen LogP contribution in [0.3, 0.4) is 0 Å². The number of primary sulfonamides is 1. The maximum absolute atomic E-state index is 13.0. The van der Waals surface area contributed by atoms with Crippen LogP contribution in [0.4, 0.5) is 0 Å². The quantitative estimate of drug-likeness (QED) is 0.553. The molecule has 4 N–H and O–H groups in total. The average Bonchev–Trinajstić information content (AvgIpc) is 2.75. The standard InChI is InChI=1S/C24H30ClN3O5S/c1-16(27-22(30)17-5-4-6-20(14-17)34(26,32)33)13-21(29)28-12-11-24(31,23(2,3)15-28)18-7-9-19(25)10-8-18/h4-10,14,16,31H,11-13,15H2,1-3H3,(H,27,30)(H2,26,32,33)/t16-,24+/m1/s1. The van der Waals surface area contributed by atoms with Gasteiger partial charge >= 0.3 is 0 Å². The van der Waals surface area contributed by atoms with Crippen LogP contribution in [-0.2, 0) is 20.4 Å². The van der Waals surface area contributed by atoms with Crippen molar-refractivity contribution >= 4 is 33.4 Å². The van der Waals surface area contributed by atoms with Gasteiger partial charge in [-0.1, -0.05) is 43.6 Å². The van der Waals surface area contributed by atoms with E-state index in [-0.39, 0.29) is 22.8 Å². The number of piperidine rings is 1. The largest absolute Gasteiger partial charge is 0.384 e. The molecule has 1 aliphatic rings. The molecule has 1 saturated heterocycles. The summed E-state index contributed by atoms with van der Waals surface area (Å²) in [6, 6.07) is 12.0. The van der Waals surface area contributed by atoms with Crippen molar-refractivity contribution in [2.45, 2.75) is 50.2 Å². The maximum Gasteiger partial charge on any atom is 0.251 e. The van der Waals surface area contributed by atoms with E-state index in [2.05, 4.69) is 5.32 Å². The normalized spacial score (nSPS) is 21.1. The van der Waals surface area contributed by atoms with Gasteiger partial charge in [-0.15, -0.1) is 0 Å². The predicted octanol–water partition coefficient (Wildman–Crippen LogP) is 2.64. The summed E-state index contributed by atoms with van der Waals surface area (Å²) in [5.74, 6) is -0.640. The molecule has 1 aliphatic heterocycles. The van der Waals surface area contributed by atoms with E-state index in [4.69, 9.17) is 16.7 Å². The minimum absolute atomic E-state index is 0.0655. The number of carbonyl (C=O) groups is 2. The zero-order valence-corrected chi connectivity index (χ0v) is 21.0. The smallest absolute Gasteiger partial charge is 0.251 e. The van der Waals surface area contributed by atoms with Crippen LogP contribution in [0.15, 0.2) is 53.4 Å². The molecular weight excluding hydrogens is 478 g/mol. The molecule has 2 amide bonds. The monoisotopic (exact) mass is 507 g/mol. The summed E-state index contributed by atoms with van der Waals surface area (Å²) in [5, 5.41) is 19.9. The summed E-state index contributed by atoms with van der Waals surface area (Å²) in [6.45, 7) is 6.27. The number of halogens is 1. The highest BCUT2D eigenvalue weighted by Crippen LogP contribution is 2.46. The second kappa shape index (κ2) is 9.65. The molecule has 1 heterocycles. The van der Waals surface area contributed by atoms with Crippen LogP contribution in [0.2, 0.25) is 5.02 Å². The Morgan fingerprint density at radius 2 is 1.85 bits per heavy atom. The van der Waals surface area contributed by atoms with E-state index in [1.54, 1.807) is 24.0 Å². The number of benzene rings is 2. The Balaban J connectivity index is 1.63. The molecule has 0 aliphatic carbocycles. The Bertz CT molecular complexity index is 1180. The highest BCUT2D eigenvalue weighted by molar-refractivity contribution is 7.89. The van der Waals surface area contributed by atoms with Gasteiger partial charge in [0.25, 0.3) is 5.91 Å². The van der Waals surface area contributed by atoms with Crippen molar-refractivity contribution in [3.8, 4) is 0 Å². The first-order valence-corrected chi connectivity index (χ1v) is 12.9. The SMILES string of the molecule is C[C@H](CC(=O)N1CC[C@](O)(c2ccc(Cl)cc2)C(C)(C)C1)NC(=O)c1cccc(S(N)(=O)=O)c1. The van der Waals surface area contributed by atoms with Crippen molar-refractivity contribution in [3.63, 3.8) is 0 Å². The van der Waals surface area contributed by atoms with Gasteiger partial charge in [0.05, 0.1) is 10.5 Å². The summed E-state index contributed by atoms with van der Waals surface area (Å²) in [4.78, 5) is 27.1. The fourth-order valence-electron chi connectivity index (χ4n) is 4.36. The molecule has 1 fully saturated rings. The molecule has 0 spiro atoms. The van der Waals surface area contributed by atoms with Crippen molar-refractivity contribution in [3.05, 3.63) is 64.7 Å². The number of aliphatic hydroxyl groups is 1. The fraction of sp³-hybridized carbons (Fsp3) is 0.417. The number of amides is 2. The number of nitrogens with two attached hydrogens (primary N) is 1. The summed E-state index contributed by atoms with van der Waals surface area (Å²) >= 11 is 5.99. The van der Waals surface area contributed by atoms with Gasteiger partial charge in [0.15, 0.2) is 0 Å². The second-order valence-corrected chi connectivity index (χ2v) is 11.5. The molecule has 0 bridgehead atoms. The molecule has 0 aromatic heterocycles. The number of hydrogen-bond donors (Lipinski definition) is 3. The molecule has 8 nitrogen and oxygen atoms in total. The van der Waals surface area contributed by atoms with Crippen LogP contribution < -0.4 is 10.5 Å². The summed E-state index contributed by atoms with van der Waals surface area (Å²) in [7, 11) is -3.93. The number of rotatable bonds is 6. The van der Waals surface area contributed by atoms with Crippen molar-refractivity contribution < 1.29 is 23.1 Å². The highest BCUT2D eigenvalue weighted by Gasteiger charge is 2.49. The number of carbonyl (C=O) groups excluding carboxylic acids is 2. The van der Waals surface area contributed by atoms with Crippen LogP contribution in [-0.4, -0.2) is 49.4 Å². The van der Waals surface area contributed by atoms with E-state index in [9.17, 15) is 23.1 Å². The summed E-state index contributed by atoms with van der Waals surface area (Å²) in [6.07, 6.45) is 0.435. The lowest BCUT2D eigenvalue weighted by molar-refractivity contribution is -0.153. The van der Waals surface area contributed by atoms with Gasteiger partial charge in [0, 0.05) is 41.6 Å². The van der Waals surface area contributed by atoms with Gasteiger partial charge in [0.1, 0.15) is 0 Å². The summed E-state index contributed by atoms with van der Waals surface area (Å²) in [5.41, 5.74) is -0.827. The molecule has 34 heavy (non-hydrogen) atoms. The minimum atomic E-state index is -3.93. The van der Waals surface area contributed by atoms with Crippen molar-refractivity contribution in [2.75, 3.05) is 13.1 Å². The van der Waals surface area contributed by atoms with E-state index in [1.807, 2.05) is 26.0 Å². The number of sulfonamides is 1. The Hall–Kier alpha value is -2.46. The minimum Gasteiger partial charge on any atom is -0.384 e. The first-order chi connectivity index (χ1) is 15.7. The zero-order chi connectivity index (χ0) is 25.3. The first-order valence-electron chi connectivity index (χ1n) is 10.9.